The third kappa shape index (κ3) is 2.76. The molecule has 2 atom stereocenters. The molecule has 0 spiro atoms. The Balaban J connectivity index is 3.23. The van der Waals surface area contributed by atoms with Crippen LogP contribution in [0.4, 0.5) is 0 Å². The molecule has 7 heteroatoms. The van der Waals surface area contributed by atoms with Crippen molar-refractivity contribution < 1.29 is 34.8 Å². The second-order valence-corrected chi connectivity index (χ2v) is 3.49. The summed E-state index contributed by atoms with van der Waals surface area (Å²) in [5, 5.41) is 36.3. The largest absolute Gasteiger partial charge is 0.496 e. The second kappa shape index (κ2) is 5.48. The number of aliphatic hydroxyl groups is 2. The molecule has 0 aliphatic rings. The lowest BCUT2D eigenvalue weighted by atomic mass is 10.0. The Labute approximate surface area is 102 Å². The van der Waals surface area contributed by atoms with Gasteiger partial charge in [0.25, 0.3) is 0 Å². The quantitative estimate of drug-likeness (QED) is 0.578. The van der Waals surface area contributed by atoms with Gasteiger partial charge >= 0.3 is 11.9 Å². The predicted molar refractivity (Wildman–Crippen MR) is 58.6 cm³/mol. The smallest absolute Gasteiger partial charge is 0.335 e. The molecule has 98 valence electrons. The molecule has 0 saturated carbocycles. The first-order valence-corrected chi connectivity index (χ1v) is 4.88. The Bertz CT molecular complexity index is 468. The number of aliphatic hydroxyl groups excluding tert-OH is 2. The summed E-state index contributed by atoms with van der Waals surface area (Å²) in [6.07, 6.45) is -3.85. The van der Waals surface area contributed by atoms with Crippen LogP contribution in [0.15, 0.2) is 18.2 Å². The van der Waals surface area contributed by atoms with Crippen LogP contribution >= 0.6 is 0 Å². The number of carboxylic acid groups (broad SMARTS) is 2. The first kappa shape index (κ1) is 13.9. The fourth-order valence-corrected chi connectivity index (χ4v) is 1.40. The van der Waals surface area contributed by atoms with Crippen molar-refractivity contribution in [3.63, 3.8) is 0 Å². The number of hydrogen-bond donors (Lipinski definition) is 4. The fraction of sp³-hybridized carbons (Fsp3) is 0.273. The molecule has 18 heavy (non-hydrogen) atoms. The van der Waals surface area contributed by atoms with Crippen LogP contribution in [-0.4, -0.2) is 45.6 Å². The minimum atomic E-state index is -2.07. The topological polar surface area (TPSA) is 124 Å². The molecule has 1 rings (SSSR count). The summed E-state index contributed by atoms with van der Waals surface area (Å²) in [6.45, 7) is 0. The maximum atomic E-state index is 10.8. The molecule has 0 fully saturated rings. The highest BCUT2D eigenvalue weighted by molar-refractivity contribution is 5.88. The van der Waals surface area contributed by atoms with Gasteiger partial charge in [0, 0.05) is 5.56 Å². The zero-order valence-electron chi connectivity index (χ0n) is 9.40. The number of carbonyl (C=O) groups is 2. The molecule has 0 aliphatic heterocycles. The number of rotatable bonds is 5. The van der Waals surface area contributed by atoms with Crippen LogP contribution in [0, 0.1) is 0 Å². The SMILES string of the molecule is COc1ccc(C(=O)O)cc1C(O)C(O)C(=O)O. The molecule has 1 aromatic rings. The van der Waals surface area contributed by atoms with Gasteiger partial charge in [0.2, 0.25) is 0 Å². The van der Waals surface area contributed by atoms with Gasteiger partial charge < -0.3 is 25.2 Å². The first-order chi connectivity index (χ1) is 8.38. The maximum absolute atomic E-state index is 10.8. The Kier molecular flexibility index (Phi) is 4.24. The van der Waals surface area contributed by atoms with E-state index in [4.69, 9.17) is 14.9 Å². The number of methoxy groups -OCH3 is 1. The number of carboxylic acids is 2. The predicted octanol–water partition coefficient (Wildman–Crippen LogP) is -0.128. The molecule has 0 saturated heterocycles. The van der Waals surface area contributed by atoms with Gasteiger partial charge in [-0.1, -0.05) is 0 Å². The average Bonchev–Trinajstić information content (AvgIpc) is 2.35. The van der Waals surface area contributed by atoms with E-state index in [9.17, 15) is 19.8 Å². The summed E-state index contributed by atoms with van der Waals surface area (Å²) in [4.78, 5) is 21.3. The van der Waals surface area contributed by atoms with Crippen LogP contribution in [-0.2, 0) is 4.79 Å². The Morgan fingerprint density at radius 3 is 2.28 bits per heavy atom. The molecule has 4 N–H and O–H groups in total. The molecule has 0 aliphatic carbocycles. The molecule has 0 bridgehead atoms. The molecule has 0 aromatic heterocycles. The number of hydrogen-bond acceptors (Lipinski definition) is 5. The maximum Gasteiger partial charge on any atom is 0.335 e. The van der Waals surface area contributed by atoms with Crippen molar-refractivity contribution in [3.8, 4) is 5.75 Å². The summed E-state index contributed by atoms with van der Waals surface area (Å²) in [5.41, 5.74) is -0.255. The number of ether oxygens (including phenoxy) is 1. The Hall–Kier alpha value is -2.12. The van der Waals surface area contributed by atoms with Gasteiger partial charge in [-0.25, -0.2) is 9.59 Å². The summed E-state index contributed by atoms with van der Waals surface area (Å²) < 4.78 is 4.87. The standard InChI is InChI=1S/C11H12O7/c1-18-7-3-2-5(10(14)15)4-6(7)8(12)9(13)11(16)17/h2-4,8-9,12-13H,1H3,(H,14,15)(H,16,17). The summed E-state index contributed by atoms with van der Waals surface area (Å²) >= 11 is 0. The van der Waals surface area contributed by atoms with Crippen molar-refractivity contribution in [1.29, 1.82) is 0 Å². The van der Waals surface area contributed by atoms with Gasteiger partial charge in [0.15, 0.2) is 6.10 Å². The summed E-state index contributed by atoms with van der Waals surface area (Å²) in [5.74, 6) is -2.77. The fourth-order valence-electron chi connectivity index (χ4n) is 1.40. The monoisotopic (exact) mass is 256 g/mol. The van der Waals surface area contributed by atoms with Gasteiger partial charge in [-0.05, 0) is 18.2 Å². The molecule has 0 amide bonds. The number of benzene rings is 1. The molecule has 1 aromatic carbocycles. The zero-order chi connectivity index (χ0) is 13.9. The van der Waals surface area contributed by atoms with E-state index in [2.05, 4.69) is 0 Å². The molecule has 0 heterocycles. The first-order valence-electron chi connectivity index (χ1n) is 4.88. The normalized spacial score (nSPS) is 13.7. The summed E-state index contributed by atoms with van der Waals surface area (Å²) in [7, 11) is 1.28. The molecule has 7 nitrogen and oxygen atoms in total. The minimum Gasteiger partial charge on any atom is -0.496 e. The van der Waals surface area contributed by atoms with Crippen molar-refractivity contribution in [2.24, 2.45) is 0 Å². The van der Waals surface area contributed by atoms with Gasteiger partial charge in [0.1, 0.15) is 11.9 Å². The summed E-state index contributed by atoms with van der Waals surface area (Å²) in [6, 6.07) is 3.57. The van der Waals surface area contributed by atoms with Crippen LogP contribution in [0.1, 0.15) is 22.0 Å². The lowest BCUT2D eigenvalue weighted by Gasteiger charge is -2.17. The molecule has 2 unspecified atom stereocenters. The Morgan fingerprint density at radius 2 is 1.83 bits per heavy atom. The number of aromatic carboxylic acids is 1. The van der Waals surface area contributed by atoms with Crippen LogP contribution in [0.2, 0.25) is 0 Å². The lowest BCUT2D eigenvalue weighted by Crippen LogP contribution is -2.28. The lowest BCUT2D eigenvalue weighted by molar-refractivity contribution is -0.153. The van der Waals surface area contributed by atoms with Crippen LogP contribution in [0.3, 0.4) is 0 Å². The highest BCUT2D eigenvalue weighted by Gasteiger charge is 2.28. The Morgan fingerprint density at radius 1 is 1.22 bits per heavy atom. The van der Waals surface area contributed by atoms with Gasteiger partial charge in [-0.2, -0.15) is 0 Å². The molecular weight excluding hydrogens is 244 g/mol. The van der Waals surface area contributed by atoms with E-state index in [0.29, 0.717) is 0 Å². The van der Waals surface area contributed by atoms with Gasteiger partial charge in [-0.3, -0.25) is 0 Å². The highest BCUT2D eigenvalue weighted by Crippen LogP contribution is 2.28. The van der Waals surface area contributed by atoms with E-state index in [-0.39, 0.29) is 16.9 Å². The molecular formula is C11H12O7. The van der Waals surface area contributed by atoms with Crippen molar-refractivity contribution >= 4 is 11.9 Å². The minimum absolute atomic E-state index is 0.0906. The van der Waals surface area contributed by atoms with Crippen molar-refractivity contribution in [1.82, 2.24) is 0 Å². The average molecular weight is 256 g/mol. The third-order valence-electron chi connectivity index (χ3n) is 2.35. The van der Waals surface area contributed by atoms with Gasteiger partial charge in [-0.15, -0.1) is 0 Å². The van der Waals surface area contributed by atoms with Crippen LogP contribution in [0.5, 0.6) is 5.75 Å². The third-order valence-corrected chi connectivity index (χ3v) is 2.35. The van der Waals surface area contributed by atoms with E-state index in [1.54, 1.807) is 0 Å². The van der Waals surface area contributed by atoms with E-state index < -0.39 is 24.1 Å². The van der Waals surface area contributed by atoms with Crippen molar-refractivity contribution in [2.45, 2.75) is 12.2 Å². The van der Waals surface area contributed by atoms with E-state index in [1.165, 1.54) is 19.2 Å². The van der Waals surface area contributed by atoms with E-state index in [1.807, 2.05) is 0 Å². The highest BCUT2D eigenvalue weighted by atomic mass is 16.5. The van der Waals surface area contributed by atoms with Crippen molar-refractivity contribution in [2.75, 3.05) is 7.11 Å². The van der Waals surface area contributed by atoms with Crippen molar-refractivity contribution in [3.05, 3.63) is 29.3 Å². The van der Waals surface area contributed by atoms with Crippen LogP contribution in [0.25, 0.3) is 0 Å². The number of aliphatic carboxylic acids is 1. The van der Waals surface area contributed by atoms with Gasteiger partial charge in [0.05, 0.1) is 12.7 Å². The molecule has 0 radical (unpaired) electrons. The van der Waals surface area contributed by atoms with E-state index in [0.717, 1.165) is 6.07 Å². The van der Waals surface area contributed by atoms with E-state index >= 15 is 0 Å². The second-order valence-electron chi connectivity index (χ2n) is 3.49. The van der Waals surface area contributed by atoms with Crippen LogP contribution < -0.4 is 4.74 Å². The zero-order valence-corrected chi connectivity index (χ0v) is 9.40.